The number of hydrogen-bond acceptors (Lipinski definition) is 5. The normalized spacial score (nSPS) is 17.1. The van der Waals surface area contributed by atoms with Crippen LogP contribution in [0.15, 0.2) is 18.2 Å². The lowest BCUT2D eigenvalue weighted by atomic mass is 10.1. The van der Waals surface area contributed by atoms with Crippen molar-refractivity contribution in [1.29, 1.82) is 0 Å². The van der Waals surface area contributed by atoms with Crippen molar-refractivity contribution in [2.24, 2.45) is 0 Å². The molecule has 1 aromatic heterocycles. The molecule has 0 bridgehead atoms. The predicted molar refractivity (Wildman–Crippen MR) is 94.2 cm³/mol. The molecule has 1 atom stereocenters. The molecule has 1 aromatic carbocycles. The van der Waals surface area contributed by atoms with Gasteiger partial charge in [0.2, 0.25) is 11.8 Å². The summed E-state index contributed by atoms with van der Waals surface area (Å²) in [5.41, 5.74) is 1.76. The molecule has 2 heterocycles. The molecule has 24 heavy (non-hydrogen) atoms. The molecule has 1 aliphatic heterocycles. The van der Waals surface area contributed by atoms with Crippen molar-refractivity contribution in [3.8, 4) is 0 Å². The van der Waals surface area contributed by atoms with Gasteiger partial charge in [-0.2, -0.15) is 0 Å². The van der Waals surface area contributed by atoms with E-state index in [1.165, 1.54) is 11.3 Å². The lowest BCUT2D eigenvalue weighted by Gasteiger charge is -2.10. The number of carbonyl (C=O) groups is 2. The average Bonchev–Trinajstić information content (AvgIpc) is 3.21. The minimum Gasteiger partial charge on any atom is -0.376 e. The van der Waals surface area contributed by atoms with Gasteiger partial charge in [-0.3, -0.25) is 9.59 Å². The fourth-order valence-electron chi connectivity index (χ4n) is 2.62. The van der Waals surface area contributed by atoms with E-state index < -0.39 is 0 Å². The SMILES string of the molecule is CCC(=O)Nc1nc2ccc(CC(=O)NCC3CCCO3)cc2s1. The standard InChI is InChI=1S/C17H21N3O3S/c1-2-15(21)20-17-19-13-6-5-11(8-14(13)24-17)9-16(22)18-10-12-4-3-7-23-12/h5-6,8,12H,2-4,7,9-10H2,1H3,(H,18,22)(H,19,20,21). The number of ether oxygens (including phenoxy) is 1. The number of nitrogens with one attached hydrogen (secondary N) is 2. The average molecular weight is 347 g/mol. The first kappa shape index (κ1) is 16.9. The summed E-state index contributed by atoms with van der Waals surface area (Å²) in [7, 11) is 0. The molecule has 2 amide bonds. The number of thiazole rings is 1. The van der Waals surface area contributed by atoms with Gasteiger partial charge in [-0.15, -0.1) is 0 Å². The lowest BCUT2D eigenvalue weighted by molar-refractivity contribution is -0.121. The molecule has 3 rings (SSSR count). The Labute approximate surface area is 144 Å². The monoisotopic (exact) mass is 347 g/mol. The van der Waals surface area contributed by atoms with Crippen molar-refractivity contribution in [1.82, 2.24) is 10.3 Å². The second-order valence-electron chi connectivity index (χ2n) is 5.84. The van der Waals surface area contributed by atoms with Gasteiger partial charge in [0.05, 0.1) is 22.7 Å². The summed E-state index contributed by atoms with van der Waals surface area (Å²) in [5.74, 6) is -0.0586. The van der Waals surface area contributed by atoms with E-state index in [1.54, 1.807) is 6.92 Å². The third kappa shape index (κ3) is 4.30. The highest BCUT2D eigenvalue weighted by atomic mass is 32.1. The minimum atomic E-state index is -0.0530. The summed E-state index contributed by atoms with van der Waals surface area (Å²) in [4.78, 5) is 27.9. The van der Waals surface area contributed by atoms with Gasteiger partial charge in [0, 0.05) is 19.6 Å². The first-order valence-electron chi connectivity index (χ1n) is 8.21. The number of nitrogens with zero attached hydrogens (tertiary/aromatic N) is 1. The highest BCUT2D eigenvalue weighted by molar-refractivity contribution is 7.22. The molecular weight excluding hydrogens is 326 g/mol. The minimum absolute atomic E-state index is 0.00567. The zero-order chi connectivity index (χ0) is 16.9. The molecule has 0 spiro atoms. The second-order valence-corrected chi connectivity index (χ2v) is 6.87. The largest absolute Gasteiger partial charge is 0.376 e. The maximum atomic E-state index is 12.1. The van der Waals surface area contributed by atoms with Gasteiger partial charge in [0.15, 0.2) is 5.13 Å². The molecule has 7 heteroatoms. The zero-order valence-electron chi connectivity index (χ0n) is 13.6. The summed E-state index contributed by atoms with van der Waals surface area (Å²) in [5, 5.41) is 6.29. The smallest absolute Gasteiger partial charge is 0.225 e. The highest BCUT2D eigenvalue weighted by Crippen LogP contribution is 2.27. The van der Waals surface area contributed by atoms with Crippen LogP contribution >= 0.6 is 11.3 Å². The van der Waals surface area contributed by atoms with E-state index in [0.29, 0.717) is 24.5 Å². The van der Waals surface area contributed by atoms with Crippen LogP contribution in [-0.4, -0.2) is 36.1 Å². The molecular formula is C17H21N3O3S. The van der Waals surface area contributed by atoms with Gasteiger partial charge in [0.1, 0.15) is 0 Å². The van der Waals surface area contributed by atoms with Crippen molar-refractivity contribution >= 4 is 38.5 Å². The van der Waals surface area contributed by atoms with E-state index in [2.05, 4.69) is 15.6 Å². The van der Waals surface area contributed by atoms with Gasteiger partial charge in [-0.1, -0.05) is 24.3 Å². The van der Waals surface area contributed by atoms with Crippen molar-refractivity contribution in [3.05, 3.63) is 23.8 Å². The number of aromatic nitrogens is 1. The Hall–Kier alpha value is -1.99. The lowest BCUT2D eigenvalue weighted by Crippen LogP contribution is -2.32. The Balaban J connectivity index is 1.59. The van der Waals surface area contributed by atoms with Crippen LogP contribution in [0.3, 0.4) is 0 Å². The fourth-order valence-corrected chi connectivity index (χ4v) is 3.57. The molecule has 2 aromatic rings. The number of rotatable bonds is 6. The zero-order valence-corrected chi connectivity index (χ0v) is 14.4. The maximum absolute atomic E-state index is 12.1. The number of fused-ring (bicyclic) bond motifs is 1. The van der Waals surface area contributed by atoms with Crippen LogP contribution in [0.2, 0.25) is 0 Å². The van der Waals surface area contributed by atoms with E-state index in [1.807, 2.05) is 18.2 Å². The van der Waals surface area contributed by atoms with Gasteiger partial charge >= 0.3 is 0 Å². The molecule has 2 N–H and O–H groups in total. The topological polar surface area (TPSA) is 80.3 Å². The van der Waals surface area contributed by atoms with Gasteiger partial charge in [-0.25, -0.2) is 4.98 Å². The fraction of sp³-hybridized carbons (Fsp3) is 0.471. The van der Waals surface area contributed by atoms with Crippen LogP contribution in [0.5, 0.6) is 0 Å². The van der Waals surface area contributed by atoms with Crippen molar-refractivity contribution in [2.45, 2.75) is 38.7 Å². The van der Waals surface area contributed by atoms with Crippen molar-refractivity contribution in [2.75, 3.05) is 18.5 Å². The van der Waals surface area contributed by atoms with E-state index in [9.17, 15) is 9.59 Å². The quantitative estimate of drug-likeness (QED) is 0.841. The van der Waals surface area contributed by atoms with Crippen LogP contribution in [0.1, 0.15) is 31.7 Å². The van der Waals surface area contributed by atoms with E-state index in [0.717, 1.165) is 35.2 Å². The van der Waals surface area contributed by atoms with E-state index in [-0.39, 0.29) is 17.9 Å². The summed E-state index contributed by atoms with van der Waals surface area (Å²) < 4.78 is 6.46. The van der Waals surface area contributed by atoms with Gasteiger partial charge in [-0.05, 0) is 30.5 Å². The third-order valence-corrected chi connectivity index (χ3v) is 4.87. The van der Waals surface area contributed by atoms with E-state index >= 15 is 0 Å². The number of benzene rings is 1. The number of anilines is 1. The van der Waals surface area contributed by atoms with Crippen LogP contribution < -0.4 is 10.6 Å². The Bertz CT molecular complexity index is 738. The van der Waals surface area contributed by atoms with Crippen LogP contribution in [0, 0.1) is 0 Å². The molecule has 1 fully saturated rings. The van der Waals surface area contributed by atoms with Gasteiger partial charge < -0.3 is 15.4 Å². The van der Waals surface area contributed by atoms with Crippen LogP contribution in [0.25, 0.3) is 10.2 Å². The molecule has 0 radical (unpaired) electrons. The first-order chi connectivity index (χ1) is 11.6. The summed E-state index contributed by atoms with van der Waals surface area (Å²) in [6.07, 6.45) is 2.99. The molecule has 0 aliphatic carbocycles. The van der Waals surface area contributed by atoms with Crippen LogP contribution in [0.4, 0.5) is 5.13 Å². The Kier molecular flexibility index (Phi) is 5.42. The molecule has 128 valence electrons. The van der Waals surface area contributed by atoms with Crippen LogP contribution in [-0.2, 0) is 20.7 Å². The Morgan fingerprint density at radius 1 is 1.38 bits per heavy atom. The molecule has 0 saturated carbocycles. The molecule has 1 saturated heterocycles. The maximum Gasteiger partial charge on any atom is 0.225 e. The summed E-state index contributed by atoms with van der Waals surface area (Å²) in [6, 6.07) is 5.75. The number of amides is 2. The Morgan fingerprint density at radius 2 is 2.25 bits per heavy atom. The highest BCUT2D eigenvalue weighted by Gasteiger charge is 2.16. The Morgan fingerprint density at radius 3 is 3.00 bits per heavy atom. The van der Waals surface area contributed by atoms with E-state index in [4.69, 9.17) is 4.74 Å². The second kappa shape index (κ2) is 7.72. The van der Waals surface area contributed by atoms with Crippen molar-refractivity contribution in [3.63, 3.8) is 0 Å². The first-order valence-corrected chi connectivity index (χ1v) is 9.03. The van der Waals surface area contributed by atoms with Gasteiger partial charge in [0.25, 0.3) is 0 Å². The number of carbonyl (C=O) groups excluding carboxylic acids is 2. The molecule has 6 nitrogen and oxygen atoms in total. The summed E-state index contributed by atoms with van der Waals surface area (Å²) in [6.45, 7) is 3.17. The molecule has 1 unspecified atom stereocenters. The third-order valence-electron chi connectivity index (χ3n) is 3.94. The number of hydrogen-bond donors (Lipinski definition) is 2. The van der Waals surface area contributed by atoms with Crippen molar-refractivity contribution < 1.29 is 14.3 Å². The molecule has 1 aliphatic rings. The predicted octanol–water partition coefficient (Wildman–Crippen LogP) is 2.48. The summed E-state index contributed by atoms with van der Waals surface area (Å²) >= 11 is 1.42.